The highest BCUT2D eigenvalue weighted by Crippen LogP contribution is 2.34. The zero-order valence-corrected chi connectivity index (χ0v) is 17.1. The molecule has 158 valence electrons. The van der Waals surface area contributed by atoms with Crippen LogP contribution in [0.1, 0.15) is 11.1 Å². The summed E-state index contributed by atoms with van der Waals surface area (Å²) in [6, 6.07) is 12.6. The summed E-state index contributed by atoms with van der Waals surface area (Å²) >= 11 is 6.05. The van der Waals surface area contributed by atoms with Crippen molar-refractivity contribution >= 4 is 38.9 Å². The van der Waals surface area contributed by atoms with Gasteiger partial charge in [0.2, 0.25) is 5.95 Å². The number of sulfone groups is 1. The van der Waals surface area contributed by atoms with E-state index >= 15 is 0 Å². The molecule has 0 saturated carbocycles. The predicted octanol–water partition coefficient (Wildman–Crippen LogP) is 4.91. The quantitative estimate of drug-likeness (QED) is 0.548. The van der Waals surface area contributed by atoms with Crippen molar-refractivity contribution in [2.75, 3.05) is 16.9 Å². The smallest absolute Gasteiger partial charge is 0.365 e. The van der Waals surface area contributed by atoms with E-state index in [1.807, 2.05) is 0 Å². The van der Waals surface area contributed by atoms with Crippen LogP contribution in [-0.2, 0) is 22.6 Å². The number of para-hydroxylation sites is 1. The summed E-state index contributed by atoms with van der Waals surface area (Å²) in [4.78, 5) is 7.73. The van der Waals surface area contributed by atoms with Crippen LogP contribution >= 0.6 is 11.6 Å². The van der Waals surface area contributed by atoms with Gasteiger partial charge in [0.25, 0.3) is 0 Å². The van der Waals surface area contributed by atoms with Gasteiger partial charge in [0.05, 0.1) is 15.6 Å². The fourth-order valence-corrected chi connectivity index (χ4v) is 3.41. The number of aromatic nitrogens is 2. The van der Waals surface area contributed by atoms with Gasteiger partial charge in [0.15, 0.2) is 9.84 Å². The van der Waals surface area contributed by atoms with Crippen LogP contribution in [0.5, 0.6) is 0 Å². The van der Waals surface area contributed by atoms with Gasteiger partial charge in [-0.3, -0.25) is 0 Å². The van der Waals surface area contributed by atoms with Crippen LogP contribution in [0.3, 0.4) is 0 Å². The van der Waals surface area contributed by atoms with Gasteiger partial charge in [0, 0.05) is 19.0 Å². The second-order valence-corrected chi connectivity index (χ2v) is 8.75. The molecule has 0 aliphatic heterocycles. The average Bonchev–Trinajstić information content (AvgIpc) is 2.67. The minimum atomic E-state index is -4.68. The molecule has 0 amide bonds. The van der Waals surface area contributed by atoms with Crippen LogP contribution in [0.15, 0.2) is 59.6 Å². The molecular formula is C19H16ClF3N4O2S. The number of benzene rings is 2. The first kappa shape index (κ1) is 21.8. The summed E-state index contributed by atoms with van der Waals surface area (Å²) < 4.78 is 63.5. The van der Waals surface area contributed by atoms with Gasteiger partial charge in [-0.1, -0.05) is 35.9 Å². The lowest BCUT2D eigenvalue weighted by Gasteiger charge is -2.15. The Morgan fingerprint density at radius 3 is 2.50 bits per heavy atom. The van der Waals surface area contributed by atoms with E-state index in [4.69, 9.17) is 11.6 Å². The number of nitrogens with zero attached hydrogens (tertiary/aromatic N) is 2. The lowest BCUT2D eigenvalue weighted by Crippen LogP contribution is -2.14. The summed E-state index contributed by atoms with van der Waals surface area (Å²) in [5.74, 6) is -0.528. The predicted molar refractivity (Wildman–Crippen MR) is 109 cm³/mol. The van der Waals surface area contributed by atoms with Crippen LogP contribution < -0.4 is 10.6 Å². The highest BCUT2D eigenvalue weighted by Gasteiger charge is 2.35. The molecule has 30 heavy (non-hydrogen) atoms. The maximum Gasteiger partial charge on any atom is 0.421 e. The van der Waals surface area contributed by atoms with Gasteiger partial charge in [-0.25, -0.2) is 13.4 Å². The number of hydrogen-bond acceptors (Lipinski definition) is 6. The molecule has 0 saturated heterocycles. The van der Waals surface area contributed by atoms with Crippen LogP contribution in [-0.4, -0.2) is 24.6 Å². The van der Waals surface area contributed by atoms with E-state index in [9.17, 15) is 21.6 Å². The summed E-state index contributed by atoms with van der Waals surface area (Å²) in [5, 5.41) is 5.75. The molecule has 0 fully saturated rings. The largest absolute Gasteiger partial charge is 0.421 e. The van der Waals surface area contributed by atoms with E-state index in [2.05, 4.69) is 20.6 Å². The van der Waals surface area contributed by atoms with Crippen molar-refractivity contribution in [2.45, 2.75) is 17.6 Å². The second kappa shape index (κ2) is 8.49. The summed E-state index contributed by atoms with van der Waals surface area (Å²) in [6.45, 7) is -0.0744. The van der Waals surface area contributed by atoms with Crippen LogP contribution in [0.25, 0.3) is 0 Å². The zero-order chi connectivity index (χ0) is 21.9. The first-order valence-electron chi connectivity index (χ1n) is 8.53. The molecule has 2 aromatic carbocycles. The SMILES string of the molecule is CS(=O)(=O)c1cccc(CNc2nc(Nc3ccccc3Cl)ncc2C(F)(F)F)c1. The Morgan fingerprint density at radius 1 is 1.10 bits per heavy atom. The third-order valence-corrected chi connectivity index (χ3v) is 5.44. The molecule has 0 bridgehead atoms. The van der Waals surface area contributed by atoms with Gasteiger partial charge in [0.1, 0.15) is 11.4 Å². The van der Waals surface area contributed by atoms with Gasteiger partial charge < -0.3 is 10.6 Å². The van der Waals surface area contributed by atoms with Crippen LogP contribution in [0, 0.1) is 0 Å². The average molecular weight is 457 g/mol. The number of alkyl halides is 3. The highest BCUT2D eigenvalue weighted by atomic mass is 35.5. The summed E-state index contributed by atoms with van der Waals surface area (Å²) in [7, 11) is -3.44. The van der Waals surface area contributed by atoms with Crippen LogP contribution in [0.2, 0.25) is 5.02 Å². The molecule has 0 spiro atoms. The number of anilines is 3. The van der Waals surface area contributed by atoms with Crippen molar-refractivity contribution in [1.82, 2.24) is 9.97 Å². The first-order chi connectivity index (χ1) is 14.0. The third kappa shape index (κ3) is 5.39. The molecule has 0 radical (unpaired) electrons. The monoisotopic (exact) mass is 456 g/mol. The van der Waals surface area contributed by atoms with Crippen molar-refractivity contribution in [3.63, 3.8) is 0 Å². The van der Waals surface area contributed by atoms with Crippen LogP contribution in [0.4, 0.5) is 30.6 Å². The lowest BCUT2D eigenvalue weighted by atomic mass is 10.2. The van der Waals surface area contributed by atoms with E-state index in [1.165, 1.54) is 18.2 Å². The molecule has 0 atom stereocenters. The maximum atomic E-state index is 13.4. The Hall–Kier alpha value is -2.85. The van der Waals surface area contributed by atoms with Crippen molar-refractivity contribution in [3.8, 4) is 0 Å². The van der Waals surface area contributed by atoms with Gasteiger partial charge in [-0.2, -0.15) is 18.2 Å². The number of nitrogens with one attached hydrogen (secondary N) is 2. The van der Waals surface area contributed by atoms with Gasteiger partial charge in [-0.05, 0) is 29.8 Å². The highest BCUT2D eigenvalue weighted by molar-refractivity contribution is 7.90. The standard InChI is InChI=1S/C19H16ClF3N4O2S/c1-30(28,29)13-6-4-5-12(9-13)10-24-17-14(19(21,22)23)11-25-18(27-17)26-16-8-3-2-7-15(16)20/h2-9,11H,10H2,1H3,(H2,24,25,26,27). The topological polar surface area (TPSA) is 84.0 Å². The summed E-state index contributed by atoms with van der Waals surface area (Å²) in [5.41, 5.74) is -0.137. The Morgan fingerprint density at radius 2 is 1.83 bits per heavy atom. The van der Waals surface area contributed by atoms with Crippen molar-refractivity contribution in [3.05, 3.63) is 70.9 Å². The molecule has 1 heterocycles. The minimum Gasteiger partial charge on any atom is -0.365 e. The van der Waals surface area contributed by atoms with Gasteiger partial charge in [-0.15, -0.1) is 0 Å². The lowest BCUT2D eigenvalue weighted by molar-refractivity contribution is -0.137. The third-order valence-electron chi connectivity index (χ3n) is 4.00. The van der Waals surface area contributed by atoms with E-state index in [0.29, 0.717) is 22.5 Å². The van der Waals surface area contributed by atoms with E-state index in [0.717, 1.165) is 6.26 Å². The van der Waals surface area contributed by atoms with E-state index in [1.54, 1.807) is 30.3 Å². The fraction of sp³-hybridized carbons (Fsp3) is 0.158. The van der Waals surface area contributed by atoms with E-state index < -0.39 is 27.4 Å². The minimum absolute atomic E-state index is 0.0709. The Bertz CT molecular complexity index is 1170. The molecule has 0 unspecified atom stereocenters. The number of rotatable bonds is 6. The molecule has 3 aromatic rings. The molecule has 3 rings (SSSR count). The molecule has 11 heteroatoms. The van der Waals surface area contributed by atoms with Gasteiger partial charge >= 0.3 is 6.18 Å². The number of hydrogen-bond donors (Lipinski definition) is 2. The molecule has 1 aromatic heterocycles. The Balaban J connectivity index is 1.89. The second-order valence-electron chi connectivity index (χ2n) is 6.33. The van der Waals surface area contributed by atoms with E-state index in [-0.39, 0.29) is 17.4 Å². The Labute approximate surface area is 176 Å². The maximum absolute atomic E-state index is 13.4. The number of halogens is 4. The molecule has 0 aliphatic carbocycles. The first-order valence-corrected chi connectivity index (χ1v) is 10.8. The zero-order valence-electron chi connectivity index (χ0n) is 15.5. The Kier molecular flexibility index (Phi) is 6.18. The van der Waals surface area contributed by atoms with Crippen molar-refractivity contribution in [1.29, 1.82) is 0 Å². The van der Waals surface area contributed by atoms with Crippen molar-refractivity contribution < 1.29 is 21.6 Å². The summed E-state index contributed by atoms with van der Waals surface area (Å²) in [6.07, 6.45) is -2.96. The molecule has 2 N–H and O–H groups in total. The van der Waals surface area contributed by atoms with Crippen molar-refractivity contribution in [2.24, 2.45) is 0 Å². The molecular weight excluding hydrogens is 441 g/mol. The molecule has 6 nitrogen and oxygen atoms in total. The molecule has 0 aliphatic rings. The normalized spacial score (nSPS) is 11.9. The fourth-order valence-electron chi connectivity index (χ4n) is 2.54.